The summed E-state index contributed by atoms with van der Waals surface area (Å²) >= 11 is 1.85. The summed E-state index contributed by atoms with van der Waals surface area (Å²) in [5.74, 6) is 0. The minimum atomic E-state index is 0.559. The lowest BCUT2D eigenvalue weighted by molar-refractivity contribution is 1.17. The fourth-order valence-corrected chi connectivity index (χ4v) is 1.22. The van der Waals surface area contributed by atoms with Gasteiger partial charge in [-0.05, 0) is 25.7 Å². The van der Waals surface area contributed by atoms with E-state index in [-0.39, 0.29) is 0 Å². The highest BCUT2D eigenvalue weighted by molar-refractivity contribution is 7.99. The maximum absolute atomic E-state index is 3.68. The Hall–Kier alpha value is -0.430. The molecule has 1 unspecified atom stereocenters. The Bertz CT molecular complexity index is 166. The number of hydrogen-bond acceptors (Lipinski definition) is 1. The van der Waals surface area contributed by atoms with Gasteiger partial charge in [0, 0.05) is 5.25 Å². The topological polar surface area (TPSA) is 0 Å². The van der Waals surface area contributed by atoms with Gasteiger partial charge in [-0.25, -0.2) is 0 Å². The average Bonchev–Trinajstić information content (AvgIpc) is 2.19. The summed E-state index contributed by atoms with van der Waals surface area (Å²) in [6.45, 7) is 11.9. The van der Waals surface area contributed by atoms with Crippen molar-refractivity contribution in [2.45, 2.75) is 32.9 Å². The number of thioether (sulfide) groups is 1. The molecule has 0 spiro atoms. The summed E-state index contributed by atoms with van der Waals surface area (Å²) in [7, 11) is 0. The molecule has 0 aliphatic heterocycles. The Morgan fingerprint density at radius 1 is 1.38 bits per heavy atom. The van der Waals surface area contributed by atoms with Gasteiger partial charge in [0.25, 0.3) is 0 Å². The molecule has 0 saturated carbocycles. The van der Waals surface area contributed by atoms with Gasteiger partial charge in [0.05, 0.1) is 0 Å². The SMILES string of the molecule is C=C/C=C(\C=C/C)C(C)SC.CC. The molecule has 76 valence electrons. The van der Waals surface area contributed by atoms with E-state index in [4.69, 9.17) is 0 Å². The smallest absolute Gasteiger partial charge is 0.0266 e. The molecule has 0 radical (unpaired) electrons. The minimum Gasteiger partial charge on any atom is -0.158 e. The molecule has 0 fully saturated rings. The molecular formula is C12H22S. The van der Waals surface area contributed by atoms with Crippen molar-refractivity contribution in [1.82, 2.24) is 0 Å². The third-order valence-corrected chi connectivity index (χ3v) is 2.47. The van der Waals surface area contributed by atoms with Crippen LogP contribution in [0.4, 0.5) is 0 Å². The highest BCUT2D eigenvalue weighted by Gasteiger charge is 2.00. The Kier molecular flexibility index (Phi) is 13.4. The Morgan fingerprint density at radius 2 is 1.92 bits per heavy atom. The second-order valence-electron chi connectivity index (χ2n) is 2.28. The average molecular weight is 198 g/mol. The fraction of sp³-hybridized carbons (Fsp3) is 0.500. The Morgan fingerprint density at radius 3 is 2.23 bits per heavy atom. The monoisotopic (exact) mass is 198 g/mol. The van der Waals surface area contributed by atoms with E-state index in [1.54, 1.807) is 0 Å². The lowest BCUT2D eigenvalue weighted by Crippen LogP contribution is -1.96. The van der Waals surface area contributed by atoms with Gasteiger partial charge < -0.3 is 0 Å². The van der Waals surface area contributed by atoms with Crippen LogP contribution < -0.4 is 0 Å². The third-order valence-electron chi connectivity index (χ3n) is 1.49. The molecule has 0 aromatic rings. The molecule has 0 N–H and O–H groups in total. The van der Waals surface area contributed by atoms with Crippen LogP contribution in [0.5, 0.6) is 0 Å². The van der Waals surface area contributed by atoms with Gasteiger partial charge in [-0.15, -0.1) is 0 Å². The van der Waals surface area contributed by atoms with E-state index in [1.807, 2.05) is 38.6 Å². The molecule has 0 aromatic carbocycles. The highest BCUT2D eigenvalue weighted by atomic mass is 32.2. The molecule has 1 atom stereocenters. The van der Waals surface area contributed by atoms with E-state index in [1.165, 1.54) is 5.57 Å². The van der Waals surface area contributed by atoms with Crippen molar-refractivity contribution in [2.75, 3.05) is 6.26 Å². The van der Waals surface area contributed by atoms with Crippen LogP contribution in [-0.2, 0) is 0 Å². The minimum absolute atomic E-state index is 0.559. The standard InChI is InChI=1S/C10H16S.C2H6/c1-5-7-10(8-6-2)9(3)11-4;1-2/h5-9H,1H2,2-4H3;1-2H3/b8-6-,10-7+;. The van der Waals surface area contributed by atoms with Crippen molar-refractivity contribution < 1.29 is 0 Å². The maximum atomic E-state index is 3.68. The van der Waals surface area contributed by atoms with Crippen LogP contribution in [0.2, 0.25) is 0 Å². The molecular weight excluding hydrogens is 176 g/mol. The zero-order valence-electron chi connectivity index (χ0n) is 9.50. The molecule has 13 heavy (non-hydrogen) atoms. The second-order valence-corrected chi connectivity index (χ2v) is 3.46. The van der Waals surface area contributed by atoms with Crippen molar-refractivity contribution >= 4 is 11.8 Å². The van der Waals surface area contributed by atoms with Crippen molar-refractivity contribution in [3.8, 4) is 0 Å². The molecule has 0 heterocycles. The molecule has 0 aliphatic rings. The van der Waals surface area contributed by atoms with Crippen LogP contribution in [0.1, 0.15) is 27.7 Å². The molecule has 0 aliphatic carbocycles. The van der Waals surface area contributed by atoms with Gasteiger partial charge in [-0.1, -0.05) is 44.7 Å². The van der Waals surface area contributed by atoms with Crippen LogP contribution in [0.15, 0.2) is 36.5 Å². The summed E-state index contributed by atoms with van der Waals surface area (Å²) in [4.78, 5) is 0. The summed E-state index contributed by atoms with van der Waals surface area (Å²) in [6, 6.07) is 0. The first-order valence-corrected chi connectivity index (χ1v) is 6.03. The first-order valence-electron chi connectivity index (χ1n) is 4.74. The predicted molar refractivity (Wildman–Crippen MR) is 67.4 cm³/mol. The molecule has 0 nitrogen and oxygen atoms in total. The van der Waals surface area contributed by atoms with E-state index < -0.39 is 0 Å². The third kappa shape index (κ3) is 7.92. The van der Waals surface area contributed by atoms with Crippen LogP contribution >= 0.6 is 11.8 Å². The van der Waals surface area contributed by atoms with Gasteiger partial charge in [0.1, 0.15) is 0 Å². The van der Waals surface area contributed by atoms with E-state index >= 15 is 0 Å². The fourth-order valence-electron chi connectivity index (χ4n) is 0.791. The zero-order valence-corrected chi connectivity index (χ0v) is 10.3. The second kappa shape index (κ2) is 11.6. The predicted octanol–water partition coefficient (Wildman–Crippen LogP) is 4.45. The van der Waals surface area contributed by atoms with Gasteiger partial charge >= 0.3 is 0 Å². The van der Waals surface area contributed by atoms with Crippen molar-refractivity contribution in [1.29, 1.82) is 0 Å². The Labute approximate surface area is 87.8 Å². The lowest BCUT2D eigenvalue weighted by atomic mass is 10.2. The number of allylic oxidation sites excluding steroid dienone is 4. The molecule has 0 saturated heterocycles. The largest absolute Gasteiger partial charge is 0.158 e. The first kappa shape index (κ1) is 15.1. The maximum Gasteiger partial charge on any atom is 0.0266 e. The van der Waals surface area contributed by atoms with Crippen LogP contribution in [-0.4, -0.2) is 11.5 Å². The number of hydrogen-bond donors (Lipinski definition) is 0. The van der Waals surface area contributed by atoms with E-state index in [0.29, 0.717) is 5.25 Å². The summed E-state index contributed by atoms with van der Waals surface area (Å²) in [5, 5.41) is 0.559. The number of rotatable bonds is 4. The van der Waals surface area contributed by atoms with Gasteiger partial charge in [-0.3, -0.25) is 0 Å². The zero-order chi connectivity index (χ0) is 10.7. The normalized spacial score (nSPS) is 13.5. The molecule has 1 heteroatoms. The molecule has 0 rings (SSSR count). The van der Waals surface area contributed by atoms with E-state index in [2.05, 4.69) is 38.0 Å². The van der Waals surface area contributed by atoms with Crippen LogP contribution in [0.25, 0.3) is 0 Å². The first-order chi connectivity index (χ1) is 6.26. The van der Waals surface area contributed by atoms with Crippen LogP contribution in [0, 0.1) is 0 Å². The molecule has 0 aromatic heterocycles. The van der Waals surface area contributed by atoms with Gasteiger partial charge in [0.2, 0.25) is 0 Å². The Balaban J connectivity index is 0. The highest BCUT2D eigenvalue weighted by Crippen LogP contribution is 2.16. The van der Waals surface area contributed by atoms with E-state index in [9.17, 15) is 0 Å². The van der Waals surface area contributed by atoms with E-state index in [0.717, 1.165) is 0 Å². The van der Waals surface area contributed by atoms with Crippen molar-refractivity contribution in [3.63, 3.8) is 0 Å². The molecule has 0 bridgehead atoms. The van der Waals surface area contributed by atoms with Crippen LogP contribution in [0.3, 0.4) is 0 Å². The van der Waals surface area contributed by atoms with Gasteiger partial charge in [-0.2, -0.15) is 11.8 Å². The summed E-state index contributed by atoms with van der Waals surface area (Å²) in [5.41, 5.74) is 1.33. The quantitative estimate of drug-likeness (QED) is 0.601. The van der Waals surface area contributed by atoms with Gasteiger partial charge in [0.15, 0.2) is 0 Å². The summed E-state index contributed by atoms with van der Waals surface area (Å²) < 4.78 is 0. The van der Waals surface area contributed by atoms with Crippen molar-refractivity contribution in [2.24, 2.45) is 0 Å². The lowest BCUT2D eigenvalue weighted by Gasteiger charge is -2.07. The molecule has 0 amide bonds. The summed E-state index contributed by atoms with van der Waals surface area (Å²) in [6.07, 6.45) is 10.2. The van der Waals surface area contributed by atoms with Crippen molar-refractivity contribution in [3.05, 3.63) is 36.5 Å².